The molecule has 7 heteroatoms. The van der Waals surface area contributed by atoms with E-state index in [1.165, 1.54) is 0 Å². The predicted molar refractivity (Wildman–Crippen MR) is 95.7 cm³/mol. The number of hydrazine groups is 1. The monoisotopic (exact) mass is 343 g/mol. The van der Waals surface area contributed by atoms with Gasteiger partial charge in [-0.05, 0) is 36.4 Å². The van der Waals surface area contributed by atoms with Crippen LogP contribution in [0, 0.1) is 0 Å². The summed E-state index contributed by atoms with van der Waals surface area (Å²) in [5, 5.41) is 3.98. The zero-order valence-electron chi connectivity index (χ0n) is 12.9. The highest BCUT2D eigenvalue weighted by molar-refractivity contribution is 6.30. The van der Waals surface area contributed by atoms with Gasteiger partial charge in [-0.3, -0.25) is 10.2 Å². The summed E-state index contributed by atoms with van der Waals surface area (Å²) in [6.45, 7) is 0.537. The lowest BCUT2D eigenvalue weighted by Crippen LogP contribution is -2.32. The average molecular weight is 344 g/mol. The first kappa shape index (κ1) is 16.3. The number of nitrogens with zero attached hydrogens (tertiary/aromatic N) is 1. The van der Waals surface area contributed by atoms with E-state index in [2.05, 4.69) is 20.7 Å². The molecule has 1 heterocycles. The zero-order chi connectivity index (χ0) is 16.9. The number of hydrogen-bond acceptors (Lipinski definition) is 4. The molecule has 3 rings (SSSR count). The Bertz CT molecular complexity index is 797. The lowest BCUT2D eigenvalue weighted by Gasteiger charge is -2.15. The number of nitrogens with two attached hydrogens (primary N) is 1. The minimum absolute atomic E-state index is 0.142. The molecule has 0 radical (unpaired) electrons. The third-order valence-corrected chi connectivity index (χ3v) is 4.04. The van der Waals surface area contributed by atoms with Gasteiger partial charge in [0.2, 0.25) is 5.91 Å². The number of aromatic amines is 1. The second-order valence-corrected chi connectivity index (χ2v) is 5.93. The lowest BCUT2D eigenvalue weighted by atomic mass is 10.0. The number of hydrogen-bond donors (Lipinski definition) is 4. The smallest absolute Gasteiger partial charge is 0.234 e. The van der Waals surface area contributed by atoms with Crippen LogP contribution in [0.25, 0.3) is 11.0 Å². The molecule has 1 atom stereocenters. The molecular formula is C17H18ClN5O. The van der Waals surface area contributed by atoms with Crippen molar-refractivity contribution in [3.63, 3.8) is 0 Å². The van der Waals surface area contributed by atoms with Crippen molar-refractivity contribution in [1.29, 1.82) is 0 Å². The molecule has 0 spiro atoms. The Morgan fingerprint density at radius 1 is 1.21 bits per heavy atom. The topological polar surface area (TPSA) is 95.8 Å². The van der Waals surface area contributed by atoms with Crippen LogP contribution in [0.2, 0.25) is 5.02 Å². The summed E-state index contributed by atoms with van der Waals surface area (Å²) in [5.41, 5.74) is 4.92. The van der Waals surface area contributed by atoms with E-state index in [4.69, 9.17) is 17.4 Å². The minimum Gasteiger partial charge on any atom is -0.384 e. The van der Waals surface area contributed by atoms with Crippen LogP contribution in [0.3, 0.4) is 0 Å². The molecule has 6 nitrogen and oxygen atoms in total. The van der Waals surface area contributed by atoms with Gasteiger partial charge in [0.15, 0.2) is 0 Å². The number of amides is 1. The number of anilines is 1. The molecule has 3 aromatic rings. The van der Waals surface area contributed by atoms with Gasteiger partial charge >= 0.3 is 0 Å². The zero-order valence-corrected chi connectivity index (χ0v) is 13.7. The Labute approximate surface area is 144 Å². The van der Waals surface area contributed by atoms with Crippen molar-refractivity contribution in [3.05, 3.63) is 59.4 Å². The summed E-state index contributed by atoms with van der Waals surface area (Å²) < 4.78 is 0. The van der Waals surface area contributed by atoms with Crippen LogP contribution in [-0.2, 0) is 4.79 Å². The summed E-state index contributed by atoms with van der Waals surface area (Å²) in [6, 6.07) is 15.2. The summed E-state index contributed by atoms with van der Waals surface area (Å²) >= 11 is 5.89. The number of H-pyrrole nitrogens is 1. The minimum atomic E-state index is -0.238. The van der Waals surface area contributed by atoms with Gasteiger partial charge in [-0.15, -0.1) is 0 Å². The van der Waals surface area contributed by atoms with Gasteiger partial charge in [-0.1, -0.05) is 23.7 Å². The van der Waals surface area contributed by atoms with Crippen LogP contribution in [-0.4, -0.2) is 22.4 Å². The molecule has 0 fully saturated rings. The van der Waals surface area contributed by atoms with Crippen molar-refractivity contribution >= 4 is 34.2 Å². The summed E-state index contributed by atoms with van der Waals surface area (Å²) in [5.74, 6) is 5.60. The number of carbonyl (C=O) groups is 1. The number of rotatable bonds is 6. The van der Waals surface area contributed by atoms with E-state index in [1.54, 1.807) is 0 Å². The largest absolute Gasteiger partial charge is 0.384 e. The number of fused-ring (bicyclic) bond motifs is 1. The van der Waals surface area contributed by atoms with Crippen molar-refractivity contribution in [2.45, 2.75) is 12.3 Å². The summed E-state index contributed by atoms with van der Waals surface area (Å²) in [7, 11) is 0. The first-order valence-electron chi connectivity index (χ1n) is 7.59. The van der Waals surface area contributed by atoms with Crippen molar-refractivity contribution in [3.8, 4) is 0 Å². The quantitative estimate of drug-likeness (QED) is 0.314. The van der Waals surface area contributed by atoms with Crippen LogP contribution < -0.4 is 16.6 Å². The van der Waals surface area contributed by atoms with Crippen LogP contribution in [0.15, 0.2) is 48.5 Å². The van der Waals surface area contributed by atoms with Gasteiger partial charge in [0.05, 0.1) is 11.0 Å². The van der Waals surface area contributed by atoms with E-state index in [1.807, 2.05) is 48.5 Å². The van der Waals surface area contributed by atoms with E-state index < -0.39 is 0 Å². The van der Waals surface area contributed by atoms with Gasteiger partial charge in [-0.2, -0.15) is 0 Å². The molecule has 0 saturated heterocycles. The van der Waals surface area contributed by atoms with Crippen molar-refractivity contribution < 1.29 is 4.79 Å². The number of nitrogens with one attached hydrogen (secondary N) is 3. The van der Waals surface area contributed by atoms with E-state index in [9.17, 15) is 4.79 Å². The molecule has 0 aliphatic rings. The molecule has 0 bridgehead atoms. The summed E-state index contributed by atoms with van der Waals surface area (Å²) in [4.78, 5) is 19.6. The Morgan fingerprint density at radius 2 is 1.96 bits per heavy atom. The molecule has 124 valence electrons. The van der Waals surface area contributed by atoms with Crippen LogP contribution in [0.5, 0.6) is 0 Å². The van der Waals surface area contributed by atoms with Crippen molar-refractivity contribution in [2.75, 3.05) is 11.9 Å². The molecule has 2 aromatic carbocycles. The summed E-state index contributed by atoms with van der Waals surface area (Å²) in [6.07, 6.45) is 0.233. The van der Waals surface area contributed by atoms with E-state index in [0.29, 0.717) is 11.6 Å². The fraction of sp³-hybridized carbons (Fsp3) is 0.176. The number of aromatic nitrogens is 2. The number of para-hydroxylation sites is 2. The third-order valence-electron chi connectivity index (χ3n) is 3.78. The normalized spacial score (nSPS) is 12.1. The van der Waals surface area contributed by atoms with E-state index in [0.717, 1.165) is 22.5 Å². The van der Waals surface area contributed by atoms with E-state index in [-0.39, 0.29) is 18.2 Å². The highest BCUT2D eigenvalue weighted by Gasteiger charge is 2.19. The maximum Gasteiger partial charge on any atom is 0.234 e. The van der Waals surface area contributed by atoms with Gasteiger partial charge in [0.1, 0.15) is 5.82 Å². The van der Waals surface area contributed by atoms with Crippen LogP contribution in [0.1, 0.15) is 18.2 Å². The number of benzene rings is 2. The van der Waals surface area contributed by atoms with Gasteiger partial charge in [0.25, 0.3) is 0 Å². The highest BCUT2D eigenvalue weighted by Crippen LogP contribution is 2.22. The molecule has 5 N–H and O–H groups in total. The molecule has 24 heavy (non-hydrogen) atoms. The number of imidazole rings is 1. The lowest BCUT2D eigenvalue weighted by molar-refractivity contribution is -0.121. The first-order chi connectivity index (χ1) is 11.7. The molecular weight excluding hydrogens is 326 g/mol. The maximum atomic E-state index is 11.7. The SMILES string of the molecule is NNC(=O)CC(CNc1ccc(Cl)cc1)c1nc2ccccc2[nH]1. The van der Waals surface area contributed by atoms with Crippen molar-refractivity contribution in [2.24, 2.45) is 5.84 Å². The molecule has 1 amide bonds. The van der Waals surface area contributed by atoms with Crippen LogP contribution >= 0.6 is 11.6 Å². The molecule has 1 aromatic heterocycles. The van der Waals surface area contributed by atoms with Gasteiger partial charge in [-0.25, -0.2) is 10.8 Å². The first-order valence-corrected chi connectivity index (χ1v) is 7.97. The Hall–Kier alpha value is -2.57. The average Bonchev–Trinajstić information content (AvgIpc) is 3.03. The number of carbonyl (C=O) groups excluding carboxylic acids is 1. The highest BCUT2D eigenvalue weighted by atomic mass is 35.5. The molecule has 1 unspecified atom stereocenters. The fourth-order valence-corrected chi connectivity index (χ4v) is 2.65. The predicted octanol–water partition coefficient (Wildman–Crippen LogP) is 2.79. The van der Waals surface area contributed by atoms with Crippen molar-refractivity contribution in [1.82, 2.24) is 15.4 Å². The standard InChI is InChI=1S/C17H18ClN5O/c18-12-5-7-13(8-6-12)20-10-11(9-16(24)23-19)17-21-14-3-1-2-4-15(14)22-17/h1-8,11,20H,9-10,19H2,(H,21,22)(H,23,24). The fourth-order valence-electron chi connectivity index (χ4n) is 2.52. The van der Waals surface area contributed by atoms with Gasteiger partial charge in [0, 0.05) is 29.6 Å². The van der Waals surface area contributed by atoms with E-state index >= 15 is 0 Å². The molecule has 0 aliphatic heterocycles. The maximum absolute atomic E-state index is 11.7. The van der Waals surface area contributed by atoms with Gasteiger partial charge < -0.3 is 10.3 Å². The van der Waals surface area contributed by atoms with Crippen LogP contribution in [0.4, 0.5) is 5.69 Å². The Balaban J connectivity index is 1.79. The second-order valence-electron chi connectivity index (χ2n) is 5.50. The molecule has 0 aliphatic carbocycles. The second kappa shape index (κ2) is 7.33. The third kappa shape index (κ3) is 3.84. The number of halogens is 1. The Kier molecular flexibility index (Phi) is 4.98. The Morgan fingerprint density at radius 3 is 2.67 bits per heavy atom. The molecule has 0 saturated carbocycles.